The van der Waals surface area contributed by atoms with Gasteiger partial charge in [0.05, 0.1) is 12.5 Å². The van der Waals surface area contributed by atoms with Crippen LogP contribution in [0.25, 0.3) is 0 Å². The first-order valence-electron chi connectivity index (χ1n) is 5.01. The first-order valence-corrected chi connectivity index (χ1v) is 5.01. The molecule has 0 atom stereocenters. The van der Waals surface area contributed by atoms with Crippen molar-refractivity contribution in [2.75, 3.05) is 13.2 Å². The van der Waals surface area contributed by atoms with Crippen LogP contribution in [0.5, 0.6) is 5.75 Å². The van der Waals surface area contributed by atoms with Gasteiger partial charge in [-0.05, 0) is 22.0 Å². The number of hydrogen-bond donors (Lipinski definition) is 1. The molecule has 0 aliphatic carbocycles. The summed E-state index contributed by atoms with van der Waals surface area (Å²) in [6, 6.07) is 4.69. The minimum Gasteiger partial charge on any atom is -0.476 e. The maximum absolute atomic E-state index is 11.2. The number of aromatic nitrogens is 1. The smallest absolute Gasteiger partial charge is 0.406 e. The molecule has 0 spiro atoms. The molecule has 1 aromatic heterocycles. The Hall–Kier alpha value is -2.69. The molecule has 1 aromatic rings. The van der Waals surface area contributed by atoms with Crippen LogP contribution in [0.1, 0.15) is 6.42 Å². The number of amides is 1. The number of hydrogen-bond acceptors (Lipinski definition) is 6. The molecule has 0 saturated heterocycles. The van der Waals surface area contributed by atoms with Crippen molar-refractivity contribution < 1.29 is 14.5 Å². The van der Waals surface area contributed by atoms with Crippen LogP contribution in [-0.2, 0) is 4.79 Å². The SMILES string of the molecule is N#CCCNC(=O)COc1cccnc1[N+](=O)[O-]. The summed E-state index contributed by atoms with van der Waals surface area (Å²) in [5.41, 5.74) is 0. The van der Waals surface area contributed by atoms with E-state index in [1.807, 2.05) is 6.07 Å². The Morgan fingerprint density at radius 1 is 1.67 bits per heavy atom. The van der Waals surface area contributed by atoms with Crippen LogP contribution in [0.3, 0.4) is 0 Å². The van der Waals surface area contributed by atoms with Crippen LogP contribution >= 0.6 is 0 Å². The third kappa shape index (κ3) is 4.05. The highest BCUT2D eigenvalue weighted by Gasteiger charge is 2.16. The van der Waals surface area contributed by atoms with Crippen molar-refractivity contribution in [3.8, 4) is 11.8 Å². The molecule has 0 aliphatic heterocycles. The lowest BCUT2D eigenvalue weighted by atomic mass is 10.4. The molecule has 8 nitrogen and oxygen atoms in total. The van der Waals surface area contributed by atoms with Gasteiger partial charge in [-0.3, -0.25) is 4.79 Å². The van der Waals surface area contributed by atoms with Crippen LogP contribution in [0.2, 0.25) is 0 Å². The molecule has 18 heavy (non-hydrogen) atoms. The van der Waals surface area contributed by atoms with Gasteiger partial charge in [-0.25, -0.2) is 0 Å². The summed E-state index contributed by atoms with van der Waals surface area (Å²) in [5.74, 6) is -0.969. The number of nitrogens with zero attached hydrogens (tertiary/aromatic N) is 3. The van der Waals surface area contributed by atoms with Gasteiger partial charge in [0.2, 0.25) is 5.75 Å². The molecule has 0 aliphatic rings. The van der Waals surface area contributed by atoms with Crippen molar-refractivity contribution in [1.82, 2.24) is 10.3 Å². The van der Waals surface area contributed by atoms with Crippen molar-refractivity contribution in [3.05, 3.63) is 28.4 Å². The van der Waals surface area contributed by atoms with Crippen molar-refractivity contribution >= 4 is 11.7 Å². The number of rotatable bonds is 6. The molecular formula is C10H10N4O4. The topological polar surface area (TPSA) is 118 Å². The van der Waals surface area contributed by atoms with Gasteiger partial charge in [-0.15, -0.1) is 0 Å². The summed E-state index contributed by atoms with van der Waals surface area (Å²) in [7, 11) is 0. The number of ether oxygens (including phenoxy) is 1. The van der Waals surface area contributed by atoms with E-state index in [0.29, 0.717) is 0 Å². The quantitative estimate of drug-likeness (QED) is 0.443. The van der Waals surface area contributed by atoms with Crippen molar-refractivity contribution in [2.45, 2.75) is 6.42 Å². The van der Waals surface area contributed by atoms with E-state index in [1.54, 1.807) is 0 Å². The lowest BCUT2D eigenvalue weighted by Crippen LogP contribution is -2.29. The predicted octanol–water partition coefficient (Wildman–Crippen LogP) is 0.398. The second kappa shape index (κ2) is 6.80. The monoisotopic (exact) mass is 250 g/mol. The molecule has 1 rings (SSSR count). The van der Waals surface area contributed by atoms with E-state index in [2.05, 4.69) is 10.3 Å². The number of carbonyl (C=O) groups is 1. The van der Waals surface area contributed by atoms with Crippen LogP contribution < -0.4 is 10.1 Å². The Morgan fingerprint density at radius 3 is 3.11 bits per heavy atom. The molecule has 0 unspecified atom stereocenters. The van der Waals surface area contributed by atoms with Crippen LogP contribution in [-0.4, -0.2) is 29.0 Å². The second-order valence-corrected chi connectivity index (χ2v) is 3.13. The normalized spacial score (nSPS) is 9.28. The van der Waals surface area contributed by atoms with Gasteiger partial charge in [-0.2, -0.15) is 5.26 Å². The number of nitro groups is 1. The first kappa shape index (κ1) is 13.4. The minimum absolute atomic E-state index is 0.0714. The number of carbonyl (C=O) groups excluding carboxylic acids is 1. The molecule has 0 aromatic carbocycles. The van der Waals surface area contributed by atoms with Gasteiger partial charge in [-0.1, -0.05) is 0 Å². The average molecular weight is 250 g/mol. The van der Waals surface area contributed by atoms with Crippen LogP contribution in [0.15, 0.2) is 18.3 Å². The molecule has 8 heteroatoms. The van der Waals surface area contributed by atoms with Gasteiger partial charge < -0.3 is 20.2 Å². The zero-order valence-electron chi connectivity index (χ0n) is 9.33. The van der Waals surface area contributed by atoms with Gasteiger partial charge in [0, 0.05) is 6.54 Å². The van der Waals surface area contributed by atoms with E-state index in [1.165, 1.54) is 18.3 Å². The maximum Gasteiger partial charge on any atom is 0.406 e. The maximum atomic E-state index is 11.2. The van der Waals surface area contributed by atoms with Gasteiger partial charge in [0.25, 0.3) is 5.91 Å². The Bertz CT molecular complexity index is 483. The molecule has 1 amide bonds. The lowest BCUT2D eigenvalue weighted by molar-refractivity contribution is -0.390. The first-order chi connectivity index (χ1) is 8.65. The van der Waals surface area contributed by atoms with Crippen LogP contribution in [0, 0.1) is 21.4 Å². The van der Waals surface area contributed by atoms with E-state index in [9.17, 15) is 14.9 Å². The fourth-order valence-electron chi connectivity index (χ4n) is 1.08. The summed E-state index contributed by atoms with van der Waals surface area (Å²) < 4.78 is 4.99. The fraction of sp³-hybridized carbons (Fsp3) is 0.300. The van der Waals surface area contributed by atoms with Crippen molar-refractivity contribution in [2.24, 2.45) is 0 Å². The van der Waals surface area contributed by atoms with E-state index < -0.39 is 16.6 Å². The highest BCUT2D eigenvalue weighted by Crippen LogP contribution is 2.22. The van der Waals surface area contributed by atoms with Crippen LogP contribution in [0.4, 0.5) is 5.82 Å². The van der Waals surface area contributed by atoms with Gasteiger partial charge in [0.15, 0.2) is 6.61 Å². The second-order valence-electron chi connectivity index (χ2n) is 3.13. The predicted molar refractivity (Wildman–Crippen MR) is 59.6 cm³/mol. The summed E-state index contributed by atoms with van der Waals surface area (Å²) in [6.45, 7) is -0.147. The van der Waals surface area contributed by atoms with E-state index in [4.69, 9.17) is 10.00 Å². The minimum atomic E-state index is -0.692. The standard InChI is InChI=1S/C10H10N4O4/c11-4-2-6-12-9(15)7-18-8-3-1-5-13-10(8)14(16)17/h1,3,5H,2,6-7H2,(H,12,15). The third-order valence-electron chi connectivity index (χ3n) is 1.84. The number of pyridine rings is 1. The highest BCUT2D eigenvalue weighted by atomic mass is 16.6. The highest BCUT2D eigenvalue weighted by molar-refractivity contribution is 5.77. The molecule has 1 heterocycles. The number of nitriles is 1. The fourth-order valence-corrected chi connectivity index (χ4v) is 1.08. The average Bonchev–Trinajstić information content (AvgIpc) is 2.37. The summed E-state index contributed by atoms with van der Waals surface area (Å²) >= 11 is 0. The molecule has 0 fully saturated rings. The Morgan fingerprint density at radius 2 is 2.44 bits per heavy atom. The molecule has 0 radical (unpaired) electrons. The molecule has 1 N–H and O–H groups in total. The third-order valence-corrected chi connectivity index (χ3v) is 1.84. The summed E-state index contributed by atoms with van der Waals surface area (Å²) in [6.07, 6.45) is 1.46. The molecule has 0 saturated carbocycles. The molecule has 0 bridgehead atoms. The van der Waals surface area contributed by atoms with Crippen molar-refractivity contribution in [3.63, 3.8) is 0 Å². The molecular weight excluding hydrogens is 240 g/mol. The van der Waals surface area contributed by atoms with E-state index in [-0.39, 0.29) is 25.3 Å². The summed E-state index contributed by atoms with van der Waals surface area (Å²) in [5, 5.41) is 21.3. The van der Waals surface area contributed by atoms with E-state index in [0.717, 1.165) is 0 Å². The van der Waals surface area contributed by atoms with Gasteiger partial charge >= 0.3 is 5.82 Å². The molecule has 94 valence electrons. The van der Waals surface area contributed by atoms with E-state index >= 15 is 0 Å². The Labute approximate surface area is 102 Å². The zero-order chi connectivity index (χ0) is 13.4. The lowest BCUT2D eigenvalue weighted by Gasteiger charge is -2.05. The Balaban J connectivity index is 2.51. The largest absolute Gasteiger partial charge is 0.476 e. The Kier molecular flexibility index (Phi) is 5.05. The number of nitrogens with one attached hydrogen (secondary N) is 1. The van der Waals surface area contributed by atoms with Gasteiger partial charge in [0.1, 0.15) is 6.20 Å². The van der Waals surface area contributed by atoms with Crippen molar-refractivity contribution in [1.29, 1.82) is 5.26 Å². The zero-order valence-corrected chi connectivity index (χ0v) is 9.33. The summed E-state index contributed by atoms with van der Waals surface area (Å²) in [4.78, 5) is 24.7.